The zero-order valence-corrected chi connectivity index (χ0v) is 12.4. The zero-order valence-electron chi connectivity index (χ0n) is 12.4. The van der Waals surface area contributed by atoms with Crippen LogP contribution in [0.5, 0.6) is 0 Å². The van der Waals surface area contributed by atoms with Gasteiger partial charge in [0.25, 0.3) is 0 Å². The van der Waals surface area contributed by atoms with Gasteiger partial charge in [0.1, 0.15) is 0 Å². The number of nitrogens with one attached hydrogen (secondary N) is 1. The van der Waals surface area contributed by atoms with E-state index in [2.05, 4.69) is 43.4 Å². The first-order valence-corrected chi connectivity index (χ1v) is 7.16. The summed E-state index contributed by atoms with van der Waals surface area (Å²) < 4.78 is 10.5. The van der Waals surface area contributed by atoms with Gasteiger partial charge in [-0.05, 0) is 30.9 Å². The van der Waals surface area contributed by atoms with Crippen LogP contribution in [0.25, 0.3) is 0 Å². The molecule has 0 amide bonds. The molecule has 0 saturated heterocycles. The maximum Gasteiger partial charge on any atom is 0.0591 e. The molecule has 1 atom stereocenters. The molecule has 0 saturated carbocycles. The number of hydrogen-bond acceptors (Lipinski definition) is 3. The standard InChI is InChI=1S/C16H27NO2/c1-4-15-6-8-16(9-7-15)14(2)17-10-13-19-12-5-11-18-3/h6-9,14,17H,4-5,10-13H2,1-3H3. The third-order valence-corrected chi connectivity index (χ3v) is 3.22. The lowest BCUT2D eigenvalue weighted by molar-refractivity contribution is 0.103. The van der Waals surface area contributed by atoms with E-state index in [9.17, 15) is 0 Å². The van der Waals surface area contributed by atoms with Gasteiger partial charge in [0, 0.05) is 32.9 Å². The molecule has 0 aromatic heterocycles. The molecule has 108 valence electrons. The molecular formula is C16H27NO2. The average Bonchev–Trinajstić information content (AvgIpc) is 2.46. The van der Waals surface area contributed by atoms with Crippen LogP contribution < -0.4 is 5.32 Å². The molecule has 0 aliphatic rings. The fourth-order valence-electron chi connectivity index (χ4n) is 1.91. The van der Waals surface area contributed by atoms with E-state index in [0.29, 0.717) is 6.04 Å². The second kappa shape index (κ2) is 9.96. The molecule has 0 bridgehead atoms. The van der Waals surface area contributed by atoms with Gasteiger partial charge in [0.05, 0.1) is 6.61 Å². The van der Waals surface area contributed by atoms with Crippen molar-refractivity contribution in [3.63, 3.8) is 0 Å². The Kier molecular flexibility index (Phi) is 8.47. The predicted octanol–water partition coefficient (Wildman–Crippen LogP) is 2.95. The Morgan fingerprint density at radius 3 is 2.47 bits per heavy atom. The summed E-state index contributed by atoms with van der Waals surface area (Å²) in [6, 6.07) is 9.18. The van der Waals surface area contributed by atoms with Crippen LogP contribution in [0.3, 0.4) is 0 Å². The van der Waals surface area contributed by atoms with Crippen molar-refractivity contribution in [1.82, 2.24) is 5.32 Å². The SMILES string of the molecule is CCc1ccc(C(C)NCCOCCCOC)cc1. The van der Waals surface area contributed by atoms with Gasteiger partial charge < -0.3 is 14.8 Å². The van der Waals surface area contributed by atoms with E-state index in [4.69, 9.17) is 9.47 Å². The lowest BCUT2D eigenvalue weighted by Gasteiger charge is -2.14. The zero-order chi connectivity index (χ0) is 13.9. The Balaban J connectivity index is 2.14. The van der Waals surface area contributed by atoms with Gasteiger partial charge in [-0.1, -0.05) is 31.2 Å². The van der Waals surface area contributed by atoms with Crippen molar-refractivity contribution in [3.05, 3.63) is 35.4 Å². The first-order chi connectivity index (χ1) is 9.27. The molecule has 0 fully saturated rings. The largest absolute Gasteiger partial charge is 0.385 e. The molecule has 0 heterocycles. The van der Waals surface area contributed by atoms with Crippen molar-refractivity contribution in [2.45, 2.75) is 32.7 Å². The fourth-order valence-corrected chi connectivity index (χ4v) is 1.91. The number of aryl methyl sites for hydroxylation is 1. The van der Waals surface area contributed by atoms with Gasteiger partial charge >= 0.3 is 0 Å². The Bertz CT molecular complexity index is 324. The summed E-state index contributed by atoms with van der Waals surface area (Å²) in [5.74, 6) is 0. The lowest BCUT2D eigenvalue weighted by atomic mass is 10.1. The summed E-state index contributed by atoms with van der Waals surface area (Å²) in [5.41, 5.74) is 2.72. The summed E-state index contributed by atoms with van der Waals surface area (Å²) in [5, 5.41) is 3.47. The molecular weight excluding hydrogens is 238 g/mol. The van der Waals surface area contributed by atoms with Crippen molar-refractivity contribution in [2.24, 2.45) is 0 Å². The van der Waals surface area contributed by atoms with E-state index in [1.165, 1.54) is 11.1 Å². The summed E-state index contributed by atoms with van der Waals surface area (Å²) in [7, 11) is 1.72. The molecule has 1 unspecified atom stereocenters. The van der Waals surface area contributed by atoms with Gasteiger partial charge in [-0.15, -0.1) is 0 Å². The molecule has 3 heteroatoms. The minimum atomic E-state index is 0.369. The second-order valence-electron chi connectivity index (χ2n) is 4.73. The first-order valence-electron chi connectivity index (χ1n) is 7.16. The minimum Gasteiger partial charge on any atom is -0.385 e. The Morgan fingerprint density at radius 1 is 1.11 bits per heavy atom. The maximum absolute atomic E-state index is 5.52. The highest BCUT2D eigenvalue weighted by atomic mass is 16.5. The van der Waals surface area contributed by atoms with Crippen molar-refractivity contribution in [3.8, 4) is 0 Å². The van der Waals surface area contributed by atoms with E-state index in [-0.39, 0.29) is 0 Å². The van der Waals surface area contributed by atoms with E-state index in [0.717, 1.165) is 39.2 Å². The third kappa shape index (κ3) is 6.71. The van der Waals surface area contributed by atoms with Gasteiger partial charge in [-0.25, -0.2) is 0 Å². The molecule has 1 N–H and O–H groups in total. The highest BCUT2D eigenvalue weighted by Crippen LogP contribution is 2.13. The van der Waals surface area contributed by atoms with Gasteiger partial charge in [-0.3, -0.25) is 0 Å². The van der Waals surface area contributed by atoms with Crippen molar-refractivity contribution in [1.29, 1.82) is 0 Å². The quantitative estimate of drug-likeness (QED) is 0.660. The molecule has 0 aliphatic heterocycles. The smallest absolute Gasteiger partial charge is 0.0591 e. The van der Waals surface area contributed by atoms with Gasteiger partial charge in [0.15, 0.2) is 0 Å². The Labute approximate surface area is 117 Å². The van der Waals surface area contributed by atoms with Crippen LogP contribution in [-0.4, -0.2) is 33.5 Å². The molecule has 1 aromatic rings. The topological polar surface area (TPSA) is 30.5 Å². The first kappa shape index (κ1) is 16.2. The number of methoxy groups -OCH3 is 1. The monoisotopic (exact) mass is 265 g/mol. The van der Waals surface area contributed by atoms with Crippen LogP contribution in [0.1, 0.15) is 37.4 Å². The van der Waals surface area contributed by atoms with Crippen LogP contribution in [0, 0.1) is 0 Å². The van der Waals surface area contributed by atoms with E-state index in [1.54, 1.807) is 7.11 Å². The summed E-state index contributed by atoms with van der Waals surface area (Å²) >= 11 is 0. The average molecular weight is 265 g/mol. The van der Waals surface area contributed by atoms with Gasteiger partial charge in [-0.2, -0.15) is 0 Å². The lowest BCUT2D eigenvalue weighted by Crippen LogP contribution is -2.23. The predicted molar refractivity (Wildman–Crippen MR) is 79.5 cm³/mol. The minimum absolute atomic E-state index is 0.369. The van der Waals surface area contributed by atoms with Crippen molar-refractivity contribution in [2.75, 3.05) is 33.5 Å². The van der Waals surface area contributed by atoms with Crippen LogP contribution >= 0.6 is 0 Å². The van der Waals surface area contributed by atoms with Crippen LogP contribution in [0.4, 0.5) is 0 Å². The summed E-state index contributed by atoms with van der Waals surface area (Å²) in [6.45, 7) is 7.54. The molecule has 3 nitrogen and oxygen atoms in total. The van der Waals surface area contributed by atoms with Crippen molar-refractivity contribution >= 4 is 0 Å². The van der Waals surface area contributed by atoms with Gasteiger partial charge in [0.2, 0.25) is 0 Å². The second-order valence-corrected chi connectivity index (χ2v) is 4.73. The highest BCUT2D eigenvalue weighted by molar-refractivity contribution is 5.24. The Hall–Kier alpha value is -0.900. The molecule has 0 aliphatic carbocycles. The number of hydrogen-bond donors (Lipinski definition) is 1. The Morgan fingerprint density at radius 2 is 1.84 bits per heavy atom. The third-order valence-electron chi connectivity index (χ3n) is 3.22. The number of ether oxygens (including phenoxy) is 2. The normalized spacial score (nSPS) is 12.6. The summed E-state index contributed by atoms with van der Waals surface area (Å²) in [4.78, 5) is 0. The number of benzene rings is 1. The molecule has 19 heavy (non-hydrogen) atoms. The van der Waals surface area contributed by atoms with E-state index < -0.39 is 0 Å². The number of rotatable bonds is 10. The van der Waals surface area contributed by atoms with Crippen LogP contribution in [0.15, 0.2) is 24.3 Å². The van der Waals surface area contributed by atoms with Crippen LogP contribution in [-0.2, 0) is 15.9 Å². The van der Waals surface area contributed by atoms with Crippen molar-refractivity contribution < 1.29 is 9.47 Å². The van der Waals surface area contributed by atoms with E-state index >= 15 is 0 Å². The molecule has 0 radical (unpaired) electrons. The molecule has 0 spiro atoms. The fraction of sp³-hybridized carbons (Fsp3) is 0.625. The maximum atomic E-state index is 5.52. The highest BCUT2D eigenvalue weighted by Gasteiger charge is 2.03. The molecule has 1 aromatic carbocycles. The van der Waals surface area contributed by atoms with E-state index in [1.807, 2.05) is 0 Å². The summed E-state index contributed by atoms with van der Waals surface area (Å²) in [6.07, 6.45) is 2.06. The van der Waals surface area contributed by atoms with Crippen LogP contribution in [0.2, 0.25) is 0 Å². The molecule has 1 rings (SSSR count).